The number of hydrogen-bond donors (Lipinski definition) is 3. The molecule has 1 aromatic heterocycles. The van der Waals surface area contributed by atoms with Gasteiger partial charge in [0.05, 0.1) is 22.0 Å². The minimum absolute atomic E-state index is 0.0705. The number of rotatable bonds is 6. The van der Waals surface area contributed by atoms with Crippen LogP contribution in [0.2, 0.25) is 0 Å². The first kappa shape index (κ1) is 20.6. The van der Waals surface area contributed by atoms with Gasteiger partial charge in [-0.05, 0) is 55.3 Å². The Morgan fingerprint density at radius 1 is 1.10 bits per heavy atom. The fraction of sp³-hybridized carbons (Fsp3) is 0.167. The lowest BCUT2D eigenvalue weighted by Gasteiger charge is -2.02. The average Bonchev–Trinajstić information content (AvgIpc) is 2.98. The van der Waals surface area contributed by atoms with Crippen molar-refractivity contribution in [2.45, 2.75) is 25.3 Å². The maximum Gasteiger partial charge on any atom is 0.299 e. The van der Waals surface area contributed by atoms with E-state index in [2.05, 4.69) is 20.2 Å². The zero-order valence-electron chi connectivity index (χ0n) is 15.5. The van der Waals surface area contributed by atoms with Crippen molar-refractivity contribution in [3.8, 4) is 5.69 Å². The van der Waals surface area contributed by atoms with E-state index in [1.165, 1.54) is 12.1 Å². The third-order valence-corrected chi connectivity index (χ3v) is 5.03. The molecule has 11 heteroatoms. The minimum Gasteiger partial charge on any atom is -0.290 e. The molecule has 0 saturated carbocycles. The maximum atomic E-state index is 12.8. The van der Waals surface area contributed by atoms with Crippen molar-refractivity contribution in [1.82, 2.24) is 9.78 Å². The third-order valence-electron chi connectivity index (χ3n) is 4.16. The molecule has 0 aliphatic heterocycles. The summed E-state index contributed by atoms with van der Waals surface area (Å²) in [7, 11) is -4.35. The highest BCUT2D eigenvalue weighted by Crippen LogP contribution is 2.24. The first-order valence-electron chi connectivity index (χ1n) is 8.38. The summed E-state index contributed by atoms with van der Waals surface area (Å²) in [6, 6.07) is 10.6. The molecule has 10 nitrogen and oxygen atoms in total. The molecule has 0 aliphatic carbocycles. The number of aromatic nitrogens is 2. The number of benzene rings is 2. The molecule has 3 aromatic rings. The zero-order valence-corrected chi connectivity index (χ0v) is 16.3. The van der Waals surface area contributed by atoms with Gasteiger partial charge in [0.25, 0.3) is 15.7 Å². The summed E-state index contributed by atoms with van der Waals surface area (Å²) in [5.41, 5.74) is 2.25. The highest BCUT2D eigenvalue weighted by Gasteiger charge is 2.17. The Morgan fingerprint density at radius 2 is 1.79 bits per heavy atom. The summed E-state index contributed by atoms with van der Waals surface area (Å²) in [6.07, 6.45) is 0. The van der Waals surface area contributed by atoms with Crippen molar-refractivity contribution in [3.63, 3.8) is 0 Å². The van der Waals surface area contributed by atoms with E-state index in [0.29, 0.717) is 5.69 Å². The summed E-state index contributed by atoms with van der Waals surface area (Å²) in [5, 5.41) is 19.7. The van der Waals surface area contributed by atoms with E-state index in [1.54, 1.807) is 0 Å². The van der Waals surface area contributed by atoms with Crippen molar-refractivity contribution < 1.29 is 23.1 Å². The van der Waals surface area contributed by atoms with Crippen molar-refractivity contribution in [2.75, 3.05) is 0 Å². The summed E-state index contributed by atoms with van der Waals surface area (Å²) >= 11 is 0. The van der Waals surface area contributed by atoms with Gasteiger partial charge in [-0.2, -0.15) is 13.5 Å². The van der Waals surface area contributed by atoms with Crippen LogP contribution in [0.25, 0.3) is 5.69 Å². The molecule has 0 saturated heterocycles. The van der Waals surface area contributed by atoms with Crippen LogP contribution in [0.4, 0.5) is 11.4 Å². The van der Waals surface area contributed by atoms with Crippen molar-refractivity contribution in [2.24, 2.45) is 10.2 Å². The van der Waals surface area contributed by atoms with Crippen LogP contribution in [0.15, 0.2) is 62.4 Å². The number of aromatic amines is 1. The lowest BCUT2D eigenvalue weighted by molar-refractivity contribution is -0.253. The summed E-state index contributed by atoms with van der Waals surface area (Å²) in [5.74, 6) is 0. The summed E-state index contributed by atoms with van der Waals surface area (Å²) in [6.45, 7) is 3.42. The predicted octanol–water partition coefficient (Wildman–Crippen LogP) is 3.43. The number of nitrogens with one attached hydrogen (secondary N) is 1. The van der Waals surface area contributed by atoms with Crippen LogP contribution >= 0.6 is 0 Å². The topological polar surface area (TPSA) is 146 Å². The first-order chi connectivity index (χ1) is 13.7. The second-order valence-electron chi connectivity index (χ2n) is 6.31. The smallest absolute Gasteiger partial charge is 0.290 e. The lowest BCUT2D eigenvalue weighted by atomic mass is 10.1. The zero-order chi connectivity index (χ0) is 21.2. The molecule has 0 fully saturated rings. The predicted molar refractivity (Wildman–Crippen MR) is 104 cm³/mol. The molecular weight excluding hydrogens is 400 g/mol. The molecule has 0 spiro atoms. The first-order valence-corrected chi connectivity index (χ1v) is 9.82. The van der Waals surface area contributed by atoms with Crippen LogP contribution in [0.3, 0.4) is 0 Å². The average molecular weight is 418 g/mol. The molecule has 0 aliphatic rings. The van der Waals surface area contributed by atoms with E-state index >= 15 is 0 Å². The molecule has 0 atom stereocenters. The summed E-state index contributed by atoms with van der Waals surface area (Å²) < 4.78 is 32.5. The number of aryl methyl sites for hydroxylation is 2. The number of azo groups is 1. The molecule has 2 aromatic carbocycles. The van der Waals surface area contributed by atoms with Crippen LogP contribution in [-0.2, 0) is 21.6 Å². The van der Waals surface area contributed by atoms with Crippen LogP contribution in [0.5, 0.6) is 0 Å². The van der Waals surface area contributed by atoms with Crippen LogP contribution in [0.1, 0.15) is 16.8 Å². The molecule has 0 amide bonds. The Labute approximate surface area is 165 Å². The Hall–Kier alpha value is -3.12. The molecule has 3 rings (SSSR count). The molecule has 0 unspecified atom stereocenters. The van der Waals surface area contributed by atoms with Gasteiger partial charge in [-0.15, -0.1) is 5.11 Å². The number of nitrogens with zero attached hydrogens (tertiary/aromatic N) is 3. The second-order valence-corrected chi connectivity index (χ2v) is 7.73. The SMILES string of the molecule is Cc1ccc(C)c(N=Nc2c(COO)[nH]n(-c3ccc(S(=O)(=O)O)cc3)c2=O)c1. The van der Waals surface area contributed by atoms with E-state index in [1.807, 2.05) is 32.0 Å². The van der Waals surface area contributed by atoms with Crippen molar-refractivity contribution >= 4 is 21.5 Å². The Balaban J connectivity index is 2.05. The van der Waals surface area contributed by atoms with Gasteiger partial charge in [0.1, 0.15) is 6.61 Å². The Bertz CT molecular complexity index is 1230. The standard InChI is InChI=1S/C18H18N4O6S/c1-11-3-4-12(2)15(9-11)19-20-17-16(10-28-24)21-22(18(17)23)13-5-7-14(8-6-13)29(25,26)27/h3-9,21,24H,10H2,1-2H3,(H,25,26,27). The van der Waals surface area contributed by atoms with Gasteiger partial charge in [-0.25, -0.2) is 9.57 Å². The van der Waals surface area contributed by atoms with E-state index in [0.717, 1.165) is 27.9 Å². The Morgan fingerprint density at radius 3 is 2.41 bits per heavy atom. The van der Waals surface area contributed by atoms with E-state index < -0.39 is 15.7 Å². The lowest BCUT2D eigenvalue weighted by Crippen LogP contribution is -2.14. The molecule has 3 N–H and O–H groups in total. The van der Waals surface area contributed by atoms with Crippen LogP contribution in [-0.4, -0.2) is 28.0 Å². The highest BCUT2D eigenvalue weighted by molar-refractivity contribution is 7.85. The molecule has 152 valence electrons. The maximum absolute atomic E-state index is 12.8. The van der Waals surface area contributed by atoms with Gasteiger partial charge in [0, 0.05) is 0 Å². The van der Waals surface area contributed by atoms with Crippen LogP contribution in [0, 0.1) is 13.8 Å². The monoisotopic (exact) mass is 418 g/mol. The molecular formula is C18H18N4O6S. The third kappa shape index (κ3) is 4.49. The Kier molecular flexibility index (Phi) is 5.75. The van der Waals surface area contributed by atoms with Gasteiger partial charge < -0.3 is 0 Å². The van der Waals surface area contributed by atoms with Crippen molar-refractivity contribution in [3.05, 3.63) is 69.6 Å². The normalized spacial score (nSPS) is 12.0. The van der Waals surface area contributed by atoms with E-state index in [-0.39, 0.29) is 28.6 Å². The molecule has 0 bridgehead atoms. The van der Waals surface area contributed by atoms with Gasteiger partial charge in [-0.3, -0.25) is 19.7 Å². The molecule has 29 heavy (non-hydrogen) atoms. The highest BCUT2D eigenvalue weighted by atomic mass is 32.2. The second kappa shape index (κ2) is 8.09. The molecule has 0 radical (unpaired) electrons. The quantitative estimate of drug-likeness (QED) is 0.242. The molecule has 1 heterocycles. The van der Waals surface area contributed by atoms with E-state index in [9.17, 15) is 13.2 Å². The van der Waals surface area contributed by atoms with Gasteiger partial charge in [0.15, 0.2) is 5.69 Å². The largest absolute Gasteiger partial charge is 0.299 e. The van der Waals surface area contributed by atoms with Gasteiger partial charge >= 0.3 is 0 Å². The summed E-state index contributed by atoms with van der Waals surface area (Å²) in [4.78, 5) is 16.6. The fourth-order valence-electron chi connectivity index (χ4n) is 2.62. The van der Waals surface area contributed by atoms with Crippen LogP contribution < -0.4 is 5.56 Å². The van der Waals surface area contributed by atoms with Crippen molar-refractivity contribution in [1.29, 1.82) is 0 Å². The van der Waals surface area contributed by atoms with Gasteiger partial charge in [0.2, 0.25) is 0 Å². The number of hydrogen-bond acceptors (Lipinski definition) is 7. The fourth-order valence-corrected chi connectivity index (χ4v) is 3.10. The van der Waals surface area contributed by atoms with E-state index in [4.69, 9.17) is 9.81 Å². The van der Waals surface area contributed by atoms with Gasteiger partial charge in [-0.1, -0.05) is 12.1 Å². The number of H-pyrrole nitrogens is 1. The minimum atomic E-state index is -4.35.